The first-order valence-corrected chi connectivity index (χ1v) is 7.57. The van der Waals surface area contributed by atoms with Crippen molar-refractivity contribution in [2.75, 3.05) is 32.8 Å². The largest absolute Gasteiger partial charge is 0.380 e. The van der Waals surface area contributed by atoms with Crippen LogP contribution < -0.4 is 5.32 Å². The summed E-state index contributed by atoms with van der Waals surface area (Å²) in [5.74, 6) is 0.163. The number of carbonyl (C=O) groups excluding carboxylic acids is 2. The number of likely N-dealkylation sites (tertiary alicyclic amines) is 1. The summed E-state index contributed by atoms with van der Waals surface area (Å²) in [6.45, 7) is 9.51. The molecule has 0 unspecified atom stereocenters. The van der Waals surface area contributed by atoms with Crippen molar-refractivity contribution in [1.29, 1.82) is 0 Å². The van der Waals surface area contributed by atoms with Gasteiger partial charge in [-0.05, 0) is 25.2 Å². The highest BCUT2D eigenvalue weighted by molar-refractivity contribution is 5.76. The molecule has 1 fully saturated rings. The van der Waals surface area contributed by atoms with Crippen LogP contribution in [0, 0.1) is 5.41 Å². The van der Waals surface area contributed by atoms with E-state index in [1.165, 1.54) is 0 Å². The van der Waals surface area contributed by atoms with Gasteiger partial charge in [0.1, 0.15) is 0 Å². The monoisotopic (exact) mass is 284 g/mol. The lowest BCUT2D eigenvalue weighted by atomic mass is 9.82. The third kappa shape index (κ3) is 6.37. The number of hydrogen-bond donors (Lipinski definition) is 1. The van der Waals surface area contributed by atoms with E-state index >= 15 is 0 Å². The van der Waals surface area contributed by atoms with Crippen LogP contribution in [0.1, 0.15) is 46.5 Å². The van der Waals surface area contributed by atoms with E-state index in [4.69, 9.17) is 4.74 Å². The van der Waals surface area contributed by atoms with E-state index in [2.05, 4.69) is 19.2 Å². The molecule has 1 aliphatic rings. The van der Waals surface area contributed by atoms with E-state index in [9.17, 15) is 9.59 Å². The van der Waals surface area contributed by atoms with Crippen LogP contribution in [0.15, 0.2) is 0 Å². The summed E-state index contributed by atoms with van der Waals surface area (Å²) in [5.41, 5.74) is 0.361. The molecule has 1 heterocycles. The van der Waals surface area contributed by atoms with Gasteiger partial charge < -0.3 is 15.0 Å². The topological polar surface area (TPSA) is 58.6 Å². The molecule has 1 N–H and O–H groups in total. The van der Waals surface area contributed by atoms with Crippen molar-refractivity contribution in [3.8, 4) is 0 Å². The fourth-order valence-corrected chi connectivity index (χ4v) is 2.23. The molecular weight excluding hydrogens is 256 g/mol. The minimum Gasteiger partial charge on any atom is -0.380 e. The molecule has 0 aliphatic carbocycles. The van der Waals surface area contributed by atoms with Crippen LogP contribution in [0.5, 0.6) is 0 Å². The Hall–Kier alpha value is -1.10. The second kappa shape index (κ2) is 8.25. The molecule has 0 aromatic rings. The molecule has 5 heteroatoms. The molecular formula is C15H28N2O3. The van der Waals surface area contributed by atoms with Gasteiger partial charge in [-0.2, -0.15) is 0 Å². The van der Waals surface area contributed by atoms with Gasteiger partial charge in [-0.3, -0.25) is 9.59 Å². The average Bonchev–Trinajstić information content (AvgIpc) is 2.38. The van der Waals surface area contributed by atoms with Crippen molar-refractivity contribution < 1.29 is 14.3 Å². The Morgan fingerprint density at radius 3 is 2.35 bits per heavy atom. The Labute approximate surface area is 122 Å². The predicted molar refractivity (Wildman–Crippen MR) is 78.3 cm³/mol. The second-order valence-corrected chi connectivity index (χ2v) is 6.11. The zero-order valence-electron chi connectivity index (χ0n) is 13.0. The first-order valence-electron chi connectivity index (χ1n) is 7.57. The number of hydrogen-bond acceptors (Lipinski definition) is 3. The van der Waals surface area contributed by atoms with Gasteiger partial charge in [0.25, 0.3) is 0 Å². The first kappa shape index (κ1) is 17.0. The average molecular weight is 284 g/mol. The van der Waals surface area contributed by atoms with Crippen molar-refractivity contribution in [2.45, 2.75) is 46.5 Å². The van der Waals surface area contributed by atoms with Crippen molar-refractivity contribution in [2.24, 2.45) is 5.41 Å². The number of ether oxygens (including phenoxy) is 1. The lowest BCUT2D eigenvalue weighted by molar-refractivity contribution is -0.134. The zero-order valence-corrected chi connectivity index (χ0v) is 13.0. The zero-order chi connectivity index (χ0) is 15.0. The van der Waals surface area contributed by atoms with Gasteiger partial charge in [0.05, 0.1) is 19.6 Å². The molecule has 1 saturated heterocycles. The number of carbonyl (C=O) groups is 2. The highest BCUT2D eigenvalue weighted by Crippen LogP contribution is 2.29. The molecule has 0 atom stereocenters. The molecule has 1 aliphatic heterocycles. The van der Waals surface area contributed by atoms with Crippen molar-refractivity contribution in [3.05, 3.63) is 0 Å². The van der Waals surface area contributed by atoms with Gasteiger partial charge in [-0.15, -0.1) is 0 Å². The maximum absolute atomic E-state index is 12.0. The van der Waals surface area contributed by atoms with Crippen LogP contribution in [0.2, 0.25) is 0 Å². The number of nitrogens with zero attached hydrogens (tertiary/aromatic N) is 1. The van der Waals surface area contributed by atoms with E-state index in [1.807, 2.05) is 11.8 Å². The normalized spacial score (nSPS) is 17.9. The number of piperidine rings is 1. The molecule has 0 radical (unpaired) electrons. The smallest absolute Gasteiger partial charge is 0.224 e. The molecule has 0 saturated carbocycles. The van der Waals surface area contributed by atoms with E-state index in [0.29, 0.717) is 38.0 Å². The summed E-state index contributed by atoms with van der Waals surface area (Å²) in [6.07, 6.45) is 2.91. The van der Waals surface area contributed by atoms with E-state index < -0.39 is 0 Å². The Morgan fingerprint density at radius 2 is 1.75 bits per heavy atom. The third-order valence-corrected chi connectivity index (χ3v) is 3.78. The van der Waals surface area contributed by atoms with Crippen LogP contribution in [-0.2, 0) is 14.3 Å². The summed E-state index contributed by atoms with van der Waals surface area (Å²) in [5, 5.41) is 2.71. The molecule has 20 heavy (non-hydrogen) atoms. The fraction of sp³-hybridized carbons (Fsp3) is 0.867. The van der Waals surface area contributed by atoms with Gasteiger partial charge >= 0.3 is 0 Å². The quantitative estimate of drug-likeness (QED) is 0.722. The SMILES string of the molecule is CCNC(=O)CCOCCC(=O)N1CCC(C)(C)CC1. The Bertz CT molecular complexity index is 319. The Balaban J connectivity index is 2.07. The molecule has 116 valence electrons. The highest BCUT2D eigenvalue weighted by Gasteiger charge is 2.27. The molecule has 0 aromatic carbocycles. The molecule has 5 nitrogen and oxygen atoms in total. The van der Waals surface area contributed by atoms with Gasteiger partial charge in [0.2, 0.25) is 11.8 Å². The lowest BCUT2D eigenvalue weighted by Crippen LogP contribution is -2.41. The number of rotatable bonds is 7. The maximum atomic E-state index is 12.0. The van der Waals surface area contributed by atoms with Crippen LogP contribution >= 0.6 is 0 Å². The second-order valence-electron chi connectivity index (χ2n) is 6.11. The lowest BCUT2D eigenvalue weighted by Gasteiger charge is -2.37. The van der Waals surface area contributed by atoms with E-state index in [1.54, 1.807) is 0 Å². The summed E-state index contributed by atoms with van der Waals surface area (Å²) in [7, 11) is 0. The molecule has 2 amide bonds. The van der Waals surface area contributed by atoms with Crippen LogP contribution in [0.25, 0.3) is 0 Å². The first-order chi connectivity index (χ1) is 9.44. The van der Waals surface area contributed by atoms with Crippen LogP contribution in [-0.4, -0.2) is 49.6 Å². The van der Waals surface area contributed by atoms with Crippen molar-refractivity contribution >= 4 is 11.8 Å². The van der Waals surface area contributed by atoms with Gasteiger partial charge in [-0.1, -0.05) is 13.8 Å². The van der Waals surface area contributed by atoms with Crippen LogP contribution in [0.4, 0.5) is 0 Å². The Kier molecular flexibility index (Phi) is 6.99. The fourth-order valence-electron chi connectivity index (χ4n) is 2.23. The molecule has 0 aromatic heterocycles. The molecule has 1 rings (SSSR count). The number of nitrogens with one attached hydrogen (secondary N) is 1. The number of amides is 2. The Morgan fingerprint density at radius 1 is 1.15 bits per heavy atom. The minimum absolute atomic E-state index is 0.00270. The highest BCUT2D eigenvalue weighted by atomic mass is 16.5. The standard InChI is InChI=1S/C15H28N2O3/c1-4-16-13(18)5-11-20-12-6-14(19)17-9-7-15(2,3)8-10-17/h4-12H2,1-3H3,(H,16,18). The molecule has 0 bridgehead atoms. The van der Waals surface area contributed by atoms with Gasteiger partial charge in [0, 0.05) is 26.1 Å². The van der Waals surface area contributed by atoms with Gasteiger partial charge in [0.15, 0.2) is 0 Å². The maximum Gasteiger partial charge on any atom is 0.224 e. The molecule has 0 spiro atoms. The summed E-state index contributed by atoms with van der Waals surface area (Å²) >= 11 is 0. The van der Waals surface area contributed by atoms with Crippen LogP contribution in [0.3, 0.4) is 0 Å². The summed E-state index contributed by atoms with van der Waals surface area (Å²) in [4.78, 5) is 25.1. The third-order valence-electron chi connectivity index (χ3n) is 3.78. The van der Waals surface area contributed by atoms with E-state index in [-0.39, 0.29) is 11.8 Å². The minimum atomic E-state index is -0.00270. The summed E-state index contributed by atoms with van der Waals surface area (Å²) in [6, 6.07) is 0. The predicted octanol–water partition coefficient (Wildman–Crippen LogP) is 1.57. The summed E-state index contributed by atoms with van der Waals surface area (Å²) < 4.78 is 5.34. The van der Waals surface area contributed by atoms with E-state index in [0.717, 1.165) is 25.9 Å². The van der Waals surface area contributed by atoms with Crippen molar-refractivity contribution in [1.82, 2.24) is 10.2 Å². The van der Waals surface area contributed by atoms with Gasteiger partial charge in [-0.25, -0.2) is 0 Å². The van der Waals surface area contributed by atoms with Crippen molar-refractivity contribution in [3.63, 3.8) is 0 Å².